The SMILES string of the molecule is Cc1cc(-c2[nH]nc(N)c2-c2ccc(Cl)c(Cl)c2)ccn1. The van der Waals surface area contributed by atoms with Crippen LogP contribution in [0.1, 0.15) is 5.69 Å². The summed E-state index contributed by atoms with van der Waals surface area (Å²) in [4.78, 5) is 4.20. The van der Waals surface area contributed by atoms with E-state index >= 15 is 0 Å². The Morgan fingerprint density at radius 1 is 1.05 bits per heavy atom. The van der Waals surface area contributed by atoms with Gasteiger partial charge in [-0.05, 0) is 36.8 Å². The average Bonchev–Trinajstić information content (AvgIpc) is 2.84. The molecule has 0 spiro atoms. The van der Waals surface area contributed by atoms with Gasteiger partial charge in [0.25, 0.3) is 0 Å². The summed E-state index contributed by atoms with van der Waals surface area (Å²) < 4.78 is 0. The van der Waals surface area contributed by atoms with Gasteiger partial charge in [0.2, 0.25) is 0 Å². The van der Waals surface area contributed by atoms with E-state index in [1.54, 1.807) is 18.3 Å². The number of hydrogen-bond donors (Lipinski definition) is 2. The largest absolute Gasteiger partial charge is 0.382 e. The molecule has 3 aromatic rings. The van der Waals surface area contributed by atoms with Gasteiger partial charge < -0.3 is 5.73 Å². The van der Waals surface area contributed by atoms with E-state index in [0.717, 1.165) is 28.1 Å². The van der Waals surface area contributed by atoms with Crippen LogP contribution in [0.25, 0.3) is 22.4 Å². The third-order valence-electron chi connectivity index (χ3n) is 3.19. The fourth-order valence-corrected chi connectivity index (χ4v) is 2.51. The van der Waals surface area contributed by atoms with Crippen LogP contribution in [0.15, 0.2) is 36.5 Å². The van der Waals surface area contributed by atoms with Crippen molar-refractivity contribution in [3.05, 3.63) is 52.3 Å². The van der Waals surface area contributed by atoms with Crippen molar-refractivity contribution in [2.75, 3.05) is 5.73 Å². The Morgan fingerprint density at radius 3 is 2.57 bits per heavy atom. The van der Waals surface area contributed by atoms with E-state index in [-0.39, 0.29) is 0 Å². The Bertz CT molecular complexity index is 811. The molecule has 1 aromatic carbocycles. The first-order chi connectivity index (χ1) is 10.1. The first-order valence-electron chi connectivity index (χ1n) is 6.28. The van der Waals surface area contributed by atoms with Gasteiger partial charge in [-0.15, -0.1) is 0 Å². The molecular weight excluding hydrogens is 307 g/mol. The predicted molar refractivity (Wildman–Crippen MR) is 86.4 cm³/mol. The highest BCUT2D eigenvalue weighted by molar-refractivity contribution is 6.42. The summed E-state index contributed by atoms with van der Waals surface area (Å²) >= 11 is 12.1. The standard InChI is InChI=1S/C15H12Cl2N4/c1-8-6-10(4-5-19-8)14-13(15(18)21-20-14)9-2-3-11(16)12(17)7-9/h2-7H,1H3,(H3,18,20,21). The van der Waals surface area contributed by atoms with Crippen LogP contribution in [0, 0.1) is 6.92 Å². The summed E-state index contributed by atoms with van der Waals surface area (Å²) in [5.41, 5.74) is 10.4. The number of benzene rings is 1. The number of hydrogen-bond acceptors (Lipinski definition) is 3. The number of nitrogens with one attached hydrogen (secondary N) is 1. The van der Waals surface area contributed by atoms with Crippen LogP contribution < -0.4 is 5.73 Å². The first kappa shape index (κ1) is 13.9. The van der Waals surface area contributed by atoms with Crippen molar-refractivity contribution in [3.63, 3.8) is 0 Å². The zero-order valence-corrected chi connectivity index (χ0v) is 12.7. The van der Waals surface area contributed by atoms with Gasteiger partial charge in [-0.3, -0.25) is 10.1 Å². The van der Waals surface area contributed by atoms with Crippen LogP contribution in [0.4, 0.5) is 5.82 Å². The highest BCUT2D eigenvalue weighted by Crippen LogP contribution is 2.37. The van der Waals surface area contributed by atoms with Gasteiger partial charge in [-0.2, -0.15) is 5.10 Å². The van der Waals surface area contributed by atoms with E-state index in [2.05, 4.69) is 15.2 Å². The molecular formula is C15H12Cl2N4. The summed E-state index contributed by atoms with van der Waals surface area (Å²) in [5, 5.41) is 8.06. The molecule has 2 heterocycles. The number of H-pyrrole nitrogens is 1. The van der Waals surface area contributed by atoms with Crippen molar-refractivity contribution in [2.45, 2.75) is 6.92 Å². The molecule has 0 bridgehead atoms. The molecule has 0 aliphatic heterocycles. The molecule has 0 aliphatic carbocycles. The molecule has 0 amide bonds. The summed E-state index contributed by atoms with van der Waals surface area (Å²) in [5.74, 6) is 0.415. The quantitative estimate of drug-likeness (QED) is 0.738. The highest BCUT2D eigenvalue weighted by Gasteiger charge is 2.16. The molecule has 21 heavy (non-hydrogen) atoms. The molecule has 0 saturated carbocycles. The summed E-state index contributed by atoms with van der Waals surface area (Å²) in [6, 6.07) is 9.26. The Labute approximate surface area is 131 Å². The lowest BCUT2D eigenvalue weighted by atomic mass is 10.0. The van der Waals surface area contributed by atoms with Gasteiger partial charge >= 0.3 is 0 Å². The smallest absolute Gasteiger partial charge is 0.153 e. The monoisotopic (exact) mass is 318 g/mol. The minimum atomic E-state index is 0.415. The second-order valence-corrected chi connectivity index (χ2v) is 5.49. The Kier molecular flexibility index (Phi) is 3.57. The van der Waals surface area contributed by atoms with Gasteiger partial charge in [-0.25, -0.2) is 0 Å². The number of aromatic nitrogens is 3. The van der Waals surface area contributed by atoms with E-state index in [9.17, 15) is 0 Å². The molecule has 0 saturated heterocycles. The lowest BCUT2D eigenvalue weighted by Gasteiger charge is -2.06. The van der Waals surface area contributed by atoms with Crippen molar-refractivity contribution in [1.29, 1.82) is 0 Å². The van der Waals surface area contributed by atoms with Crippen molar-refractivity contribution in [3.8, 4) is 22.4 Å². The van der Waals surface area contributed by atoms with Crippen molar-refractivity contribution >= 4 is 29.0 Å². The van der Waals surface area contributed by atoms with Crippen LogP contribution in [-0.2, 0) is 0 Å². The number of nitrogens with zero attached hydrogens (tertiary/aromatic N) is 2. The molecule has 0 radical (unpaired) electrons. The van der Waals surface area contributed by atoms with Gasteiger partial charge in [0.15, 0.2) is 5.82 Å². The van der Waals surface area contributed by atoms with E-state index in [0.29, 0.717) is 15.9 Å². The second kappa shape index (κ2) is 5.39. The molecule has 3 N–H and O–H groups in total. The zero-order chi connectivity index (χ0) is 15.0. The topological polar surface area (TPSA) is 67.6 Å². The molecule has 0 atom stereocenters. The zero-order valence-electron chi connectivity index (χ0n) is 11.2. The van der Waals surface area contributed by atoms with E-state index < -0.39 is 0 Å². The maximum absolute atomic E-state index is 6.09. The number of nitrogens with two attached hydrogens (primary N) is 1. The van der Waals surface area contributed by atoms with Gasteiger partial charge in [-0.1, -0.05) is 29.3 Å². The third kappa shape index (κ3) is 2.60. The summed E-state index contributed by atoms with van der Waals surface area (Å²) in [6.07, 6.45) is 1.75. The Morgan fingerprint density at radius 2 is 1.86 bits per heavy atom. The van der Waals surface area contributed by atoms with Crippen LogP contribution in [0.2, 0.25) is 10.0 Å². The number of rotatable bonds is 2. The van der Waals surface area contributed by atoms with Crippen molar-refractivity contribution < 1.29 is 0 Å². The van der Waals surface area contributed by atoms with Crippen molar-refractivity contribution in [1.82, 2.24) is 15.2 Å². The molecule has 0 fully saturated rings. The summed E-state index contributed by atoms with van der Waals surface area (Å²) in [6.45, 7) is 1.93. The fraction of sp³-hybridized carbons (Fsp3) is 0.0667. The maximum atomic E-state index is 6.09. The normalized spacial score (nSPS) is 10.8. The Hall–Kier alpha value is -2.04. The third-order valence-corrected chi connectivity index (χ3v) is 3.93. The van der Waals surface area contributed by atoms with Gasteiger partial charge in [0, 0.05) is 17.5 Å². The molecule has 4 nitrogen and oxygen atoms in total. The van der Waals surface area contributed by atoms with Gasteiger partial charge in [0.05, 0.1) is 21.3 Å². The predicted octanol–water partition coefficient (Wildman–Crippen LogP) is 4.34. The summed E-state index contributed by atoms with van der Waals surface area (Å²) in [7, 11) is 0. The number of aromatic amines is 1. The minimum absolute atomic E-state index is 0.415. The molecule has 2 aromatic heterocycles. The first-order valence-corrected chi connectivity index (χ1v) is 7.04. The van der Waals surface area contributed by atoms with Crippen LogP contribution in [0.5, 0.6) is 0 Å². The molecule has 3 rings (SSSR count). The number of pyridine rings is 1. The number of nitrogen functional groups attached to an aromatic ring is 1. The Balaban J connectivity index is 2.19. The van der Waals surface area contributed by atoms with Crippen molar-refractivity contribution in [2.24, 2.45) is 0 Å². The van der Waals surface area contributed by atoms with Crippen LogP contribution in [-0.4, -0.2) is 15.2 Å². The average molecular weight is 319 g/mol. The lowest BCUT2D eigenvalue weighted by molar-refractivity contribution is 1.10. The molecule has 0 aliphatic rings. The minimum Gasteiger partial charge on any atom is -0.382 e. The second-order valence-electron chi connectivity index (χ2n) is 4.67. The maximum Gasteiger partial charge on any atom is 0.153 e. The van der Waals surface area contributed by atoms with Crippen LogP contribution in [0.3, 0.4) is 0 Å². The molecule has 0 unspecified atom stereocenters. The van der Waals surface area contributed by atoms with E-state index in [1.807, 2.05) is 25.1 Å². The number of aryl methyl sites for hydroxylation is 1. The molecule has 6 heteroatoms. The molecule has 106 valence electrons. The van der Waals surface area contributed by atoms with E-state index in [4.69, 9.17) is 28.9 Å². The number of halogens is 2. The number of anilines is 1. The van der Waals surface area contributed by atoms with Crippen LogP contribution >= 0.6 is 23.2 Å². The van der Waals surface area contributed by atoms with E-state index in [1.165, 1.54) is 0 Å². The highest BCUT2D eigenvalue weighted by atomic mass is 35.5. The van der Waals surface area contributed by atoms with Gasteiger partial charge in [0.1, 0.15) is 0 Å². The lowest BCUT2D eigenvalue weighted by Crippen LogP contribution is -1.90. The fourth-order valence-electron chi connectivity index (χ4n) is 2.21.